The van der Waals surface area contributed by atoms with E-state index >= 15 is 0 Å². The van der Waals surface area contributed by atoms with Crippen LogP contribution in [0.15, 0.2) is 0 Å². The zero-order valence-corrected chi connectivity index (χ0v) is 12.1. The highest BCUT2D eigenvalue weighted by Gasteiger charge is 2.23. The first kappa shape index (κ1) is 15.8. The zero-order chi connectivity index (χ0) is 14.1. The fourth-order valence-corrected chi connectivity index (χ4v) is 2.28. The van der Waals surface area contributed by atoms with Crippen LogP contribution < -0.4 is 5.32 Å². The molecule has 0 saturated carbocycles. The number of likely N-dealkylation sites (tertiary alicyclic amines) is 1. The van der Waals surface area contributed by atoms with Crippen molar-refractivity contribution in [2.75, 3.05) is 19.7 Å². The van der Waals surface area contributed by atoms with Crippen LogP contribution in [-0.2, 0) is 9.53 Å². The maximum absolute atomic E-state index is 11.7. The van der Waals surface area contributed by atoms with Crippen LogP contribution in [-0.4, -0.2) is 42.6 Å². The number of carbonyl (C=O) groups excluding carboxylic acids is 2. The highest BCUT2D eigenvalue weighted by Crippen LogP contribution is 2.12. The molecule has 5 heteroatoms. The minimum Gasteiger partial charge on any atom is -0.450 e. The standard InChI is InChI=1S/C14H26N2O3/c1-3-5-9-13(17)15-12-8-6-7-10-16(11-12)14(18)19-4-2/h12H,3-11H2,1-2H3,(H,15,17). The normalized spacial score (nSPS) is 19.7. The monoisotopic (exact) mass is 270 g/mol. The molecule has 1 aliphatic rings. The molecule has 110 valence electrons. The van der Waals surface area contributed by atoms with Crippen molar-refractivity contribution in [3.8, 4) is 0 Å². The Morgan fingerprint density at radius 1 is 1.32 bits per heavy atom. The van der Waals surface area contributed by atoms with Gasteiger partial charge in [0.25, 0.3) is 0 Å². The minimum absolute atomic E-state index is 0.0660. The summed E-state index contributed by atoms with van der Waals surface area (Å²) in [5.41, 5.74) is 0. The summed E-state index contributed by atoms with van der Waals surface area (Å²) in [6.45, 7) is 5.56. The Kier molecular flexibility index (Phi) is 7.30. The highest BCUT2D eigenvalue weighted by molar-refractivity contribution is 5.76. The number of hydrogen-bond donors (Lipinski definition) is 1. The van der Waals surface area contributed by atoms with E-state index in [1.54, 1.807) is 11.8 Å². The van der Waals surface area contributed by atoms with Gasteiger partial charge in [0.2, 0.25) is 5.91 Å². The van der Waals surface area contributed by atoms with E-state index in [2.05, 4.69) is 12.2 Å². The van der Waals surface area contributed by atoms with Crippen LogP contribution >= 0.6 is 0 Å². The molecule has 1 atom stereocenters. The Labute approximate surface area is 115 Å². The van der Waals surface area contributed by atoms with Gasteiger partial charge >= 0.3 is 6.09 Å². The molecule has 1 fully saturated rings. The zero-order valence-electron chi connectivity index (χ0n) is 12.1. The molecule has 0 aromatic rings. The van der Waals surface area contributed by atoms with Crippen LogP contribution in [0.25, 0.3) is 0 Å². The van der Waals surface area contributed by atoms with E-state index in [9.17, 15) is 9.59 Å². The molecule has 2 amide bonds. The van der Waals surface area contributed by atoms with Crippen molar-refractivity contribution in [2.24, 2.45) is 0 Å². The second-order valence-electron chi connectivity index (χ2n) is 5.01. The topological polar surface area (TPSA) is 58.6 Å². The van der Waals surface area contributed by atoms with Gasteiger partial charge in [-0.1, -0.05) is 13.3 Å². The van der Waals surface area contributed by atoms with E-state index in [0.717, 1.165) is 38.6 Å². The van der Waals surface area contributed by atoms with Crippen molar-refractivity contribution in [1.29, 1.82) is 0 Å². The number of hydrogen-bond acceptors (Lipinski definition) is 3. The van der Waals surface area contributed by atoms with Crippen molar-refractivity contribution in [2.45, 2.75) is 58.4 Å². The van der Waals surface area contributed by atoms with E-state index in [0.29, 0.717) is 19.6 Å². The van der Waals surface area contributed by atoms with Gasteiger partial charge in [-0.2, -0.15) is 0 Å². The fraction of sp³-hybridized carbons (Fsp3) is 0.857. The summed E-state index contributed by atoms with van der Waals surface area (Å²) in [7, 11) is 0. The number of nitrogens with zero attached hydrogens (tertiary/aromatic N) is 1. The van der Waals surface area contributed by atoms with Crippen molar-refractivity contribution < 1.29 is 14.3 Å². The summed E-state index contributed by atoms with van der Waals surface area (Å²) in [4.78, 5) is 25.2. The van der Waals surface area contributed by atoms with Crippen LogP contribution in [0.4, 0.5) is 4.79 Å². The van der Waals surface area contributed by atoms with E-state index in [1.165, 1.54) is 0 Å². The maximum Gasteiger partial charge on any atom is 0.409 e. The van der Waals surface area contributed by atoms with Crippen LogP contribution in [0, 0.1) is 0 Å². The molecule has 0 radical (unpaired) electrons. The lowest BCUT2D eigenvalue weighted by molar-refractivity contribution is -0.122. The molecular formula is C14H26N2O3. The van der Waals surface area contributed by atoms with Gasteiger partial charge in [-0.05, 0) is 32.6 Å². The summed E-state index contributed by atoms with van der Waals surface area (Å²) >= 11 is 0. The molecular weight excluding hydrogens is 244 g/mol. The molecule has 1 rings (SSSR count). The third-order valence-electron chi connectivity index (χ3n) is 3.32. The maximum atomic E-state index is 11.7. The molecule has 0 bridgehead atoms. The van der Waals surface area contributed by atoms with Gasteiger partial charge in [-0.3, -0.25) is 4.79 Å². The number of carbonyl (C=O) groups is 2. The first-order valence-corrected chi connectivity index (χ1v) is 7.38. The average molecular weight is 270 g/mol. The summed E-state index contributed by atoms with van der Waals surface area (Å²) in [5, 5.41) is 3.03. The lowest BCUT2D eigenvalue weighted by atomic mass is 10.1. The van der Waals surface area contributed by atoms with Crippen LogP contribution in [0.2, 0.25) is 0 Å². The lowest BCUT2D eigenvalue weighted by Crippen LogP contribution is -2.44. The Hall–Kier alpha value is -1.26. The Morgan fingerprint density at radius 3 is 2.79 bits per heavy atom. The quantitative estimate of drug-likeness (QED) is 0.834. The third kappa shape index (κ3) is 5.94. The van der Waals surface area contributed by atoms with E-state index in [1.807, 2.05) is 0 Å². The van der Waals surface area contributed by atoms with Crippen molar-refractivity contribution in [3.05, 3.63) is 0 Å². The fourth-order valence-electron chi connectivity index (χ4n) is 2.28. The van der Waals surface area contributed by atoms with E-state index < -0.39 is 0 Å². The predicted octanol–water partition coefficient (Wildman–Crippen LogP) is 2.30. The van der Waals surface area contributed by atoms with Crippen LogP contribution in [0.1, 0.15) is 52.4 Å². The Bertz CT molecular complexity index is 294. The predicted molar refractivity (Wildman–Crippen MR) is 73.9 cm³/mol. The first-order chi connectivity index (χ1) is 9.17. The molecule has 1 aliphatic heterocycles. The number of rotatable bonds is 5. The molecule has 0 aromatic heterocycles. The number of unbranched alkanes of at least 4 members (excludes halogenated alkanes) is 1. The average Bonchev–Trinajstić information content (AvgIpc) is 2.62. The summed E-state index contributed by atoms with van der Waals surface area (Å²) in [6, 6.07) is 0.0660. The van der Waals surface area contributed by atoms with Gasteiger partial charge in [0.05, 0.1) is 6.61 Å². The summed E-state index contributed by atoms with van der Waals surface area (Å²) < 4.78 is 5.03. The lowest BCUT2D eigenvalue weighted by Gasteiger charge is -2.24. The van der Waals surface area contributed by atoms with Crippen molar-refractivity contribution >= 4 is 12.0 Å². The van der Waals surface area contributed by atoms with Gasteiger partial charge in [-0.15, -0.1) is 0 Å². The molecule has 0 spiro atoms. The van der Waals surface area contributed by atoms with Gasteiger partial charge < -0.3 is 15.0 Å². The SMILES string of the molecule is CCCCC(=O)NC1CCCCN(C(=O)OCC)C1. The molecule has 0 aromatic carbocycles. The van der Waals surface area contributed by atoms with E-state index in [4.69, 9.17) is 4.74 Å². The van der Waals surface area contributed by atoms with Gasteiger partial charge in [0, 0.05) is 25.6 Å². The largest absolute Gasteiger partial charge is 0.450 e. The minimum atomic E-state index is -0.266. The van der Waals surface area contributed by atoms with Crippen LogP contribution in [0.5, 0.6) is 0 Å². The molecule has 0 aliphatic carbocycles. The van der Waals surface area contributed by atoms with Gasteiger partial charge in [0.15, 0.2) is 0 Å². The molecule has 1 saturated heterocycles. The number of nitrogens with one attached hydrogen (secondary N) is 1. The van der Waals surface area contributed by atoms with Gasteiger partial charge in [0.1, 0.15) is 0 Å². The van der Waals surface area contributed by atoms with E-state index in [-0.39, 0.29) is 18.0 Å². The molecule has 1 N–H and O–H groups in total. The third-order valence-corrected chi connectivity index (χ3v) is 3.32. The molecule has 1 heterocycles. The molecule has 19 heavy (non-hydrogen) atoms. The van der Waals surface area contributed by atoms with Crippen molar-refractivity contribution in [3.63, 3.8) is 0 Å². The number of amides is 2. The van der Waals surface area contributed by atoms with Crippen molar-refractivity contribution in [1.82, 2.24) is 10.2 Å². The molecule has 5 nitrogen and oxygen atoms in total. The van der Waals surface area contributed by atoms with Crippen LogP contribution in [0.3, 0.4) is 0 Å². The highest BCUT2D eigenvalue weighted by atomic mass is 16.6. The van der Waals surface area contributed by atoms with Gasteiger partial charge in [-0.25, -0.2) is 4.79 Å². The second kappa shape index (κ2) is 8.77. The summed E-state index contributed by atoms with van der Waals surface area (Å²) in [5.74, 6) is 0.0950. The summed E-state index contributed by atoms with van der Waals surface area (Å²) in [6.07, 6.45) is 5.19. The molecule has 1 unspecified atom stereocenters. The number of ether oxygens (including phenoxy) is 1. The second-order valence-corrected chi connectivity index (χ2v) is 5.01. The smallest absolute Gasteiger partial charge is 0.409 e. The first-order valence-electron chi connectivity index (χ1n) is 7.38. The Balaban J connectivity index is 2.44. The Morgan fingerprint density at radius 2 is 2.11 bits per heavy atom.